The lowest BCUT2D eigenvalue weighted by molar-refractivity contribution is 0.174. The number of aryl methyl sites for hydroxylation is 1. The van der Waals surface area contributed by atoms with Crippen LogP contribution in [0.4, 0.5) is 0 Å². The lowest BCUT2D eigenvalue weighted by Gasteiger charge is -2.27. The minimum Gasteiger partial charge on any atom is -0.454 e. The molecule has 0 saturated carbocycles. The monoisotopic (exact) mass is 321 g/mol. The number of nitrogens with zero attached hydrogens (tertiary/aromatic N) is 1. The van der Waals surface area contributed by atoms with Crippen LogP contribution < -0.4 is 14.8 Å². The summed E-state index contributed by atoms with van der Waals surface area (Å²) in [6, 6.07) is 8.79. The van der Waals surface area contributed by atoms with Crippen molar-refractivity contribution in [3.63, 3.8) is 0 Å². The Morgan fingerprint density at radius 3 is 3.08 bits per heavy atom. The average Bonchev–Trinajstić information content (AvgIpc) is 3.24. The number of aromatic nitrogens is 2. The quantitative estimate of drug-likeness (QED) is 0.778. The van der Waals surface area contributed by atoms with Gasteiger partial charge in [-0.1, -0.05) is 0 Å². The van der Waals surface area contributed by atoms with Crippen molar-refractivity contribution >= 4 is 11.0 Å². The van der Waals surface area contributed by atoms with Crippen molar-refractivity contribution in [2.75, 3.05) is 13.3 Å². The Kier molecular flexibility index (Phi) is 3.19. The highest BCUT2D eigenvalue weighted by Gasteiger charge is 2.24. The van der Waals surface area contributed by atoms with Crippen LogP contribution in [-0.4, -0.2) is 23.3 Å². The molecule has 5 rings (SSSR count). The van der Waals surface area contributed by atoms with Gasteiger partial charge in [-0.3, -0.25) is 0 Å². The fourth-order valence-corrected chi connectivity index (χ4v) is 3.81. The van der Waals surface area contributed by atoms with E-state index >= 15 is 0 Å². The first-order valence-electron chi connectivity index (χ1n) is 8.45. The fraction of sp³-hybridized carbons (Fsp3) is 0.316. The number of benzene rings is 1. The lowest BCUT2D eigenvalue weighted by Crippen LogP contribution is -2.30. The van der Waals surface area contributed by atoms with E-state index in [9.17, 15) is 0 Å². The van der Waals surface area contributed by atoms with Gasteiger partial charge in [-0.15, -0.1) is 0 Å². The SMILES string of the molecule is c1cnc2[nH]cc(CCC3NCCc4cc5c(cc43)OCO5)c2c1. The van der Waals surface area contributed by atoms with Crippen molar-refractivity contribution in [1.29, 1.82) is 0 Å². The van der Waals surface area contributed by atoms with Crippen LogP contribution in [0.2, 0.25) is 0 Å². The molecule has 2 aliphatic heterocycles. The highest BCUT2D eigenvalue weighted by molar-refractivity contribution is 5.79. The Balaban J connectivity index is 1.41. The van der Waals surface area contributed by atoms with Gasteiger partial charge in [-0.05, 0) is 66.8 Å². The molecule has 0 aliphatic carbocycles. The molecule has 2 N–H and O–H groups in total. The average molecular weight is 321 g/mol. The van der Waals surface area contributed by atoms with E-state index in [4.69, 9.17) is 9.47 Å². The van der Waals surface area contributed by atoms with Crippen molar-refractivity contribution in [1.82, 2.24) is 15.3 Å². The van der Waals surface area contributed by atoms with E-state index in [1.54, 1.807) is 0 Å². The van der Waals surface area contributed by atoms with Gasteiger partial charge in [0.2, 0.25) is 6.79 Å². The van der Waals surface area contributed by atoms with E-state index in [0.29, 0.717) is 12.8 Å². The van der Waals surface area contributed by atoms with Crippen LogP contribution in [0.1, 0.15) is 29.2 Å². The number of pyridine rings is 1. The number of hydrogen-bond donors (Lipinski definition) is 2. The summed E-state index contributed by atoms with van der Waals surface area (Å²) in [7, 11) is 0. The molecule has 0 saturated heterocycles. The van der Waals surface area contributed by atoms with E-state index < -0.39 is 0 Å². The molecule has 0 bridgehead atoms. The third kappa shape index (κ3) is 2.24. The number of hydrogen-bond acceptors (Lipinski definition) is 4. The first kappa shape index (κ1) is 13.9. The van der Waals surface area contributed by atoms with Crippen LogP contribution in [0.25, 0.3) is 11.0 Å². The zero-order valence-corrected chi connectivity index (χ0v) is 13.3. The molecule has 0 fully saturated rings. The second kappa shape index (κ2) is 5.53. The highest BCUT2D eigenvalue weighted by atomic mass is 16.7. The van der Waals surface area contributed by atoms with Crippen LogP contribution in [0.3, 0.4) is 0 Å². The largest absolute Gasteiger partial charge is 0.454 e. The number of rotatable bonds is 3. The van der Waals surface area contributed by atoms with Gasteiger partial charge in [-0.25, -0.2) is 4.98 Å². The molecule has 5 heteroatoms. The number of fused-ring (bicyclic) bond motifs is 3. The number of nitrogens with one attached hydrogen (secondary N) is 2. The Labute approximate surface area is 140 Å². The van der Waals surface area contributed by atoms with Crippen LogP contribution in [0.5, 0.6) is 11.5 Å². The third-order valence-corrected chi connectivity index (χ3v) is 5.03. The molecule has 1 aromatic carbocycles. The van der Waals surface area contributed by atoms with Gasteiger partial charge < -0.3 is 19.8 Å². The molecule has 24 heavy (non-hydrogen) atoms. The summed E-state index contributed by atoms with van der Waals surface area (Å²) in [5.41, 5.74) is 5.02. The molecule has 122 valence electrons. The second-order valence-corrected chi connectivity index (χ2v) is 6.41. The van der Waals surface area contributed by atoms with Gasteiger partial charge in [0.25, 0.3) is 0 Å². The molecule has 1 unspecified atom stereocenters. The maximum absolute atomic E-state index is 5.56. The fourth-order valence-electron chi connectivity index (χ4n) is 3.81. The molecule has 2 aromatic heterocycles. The van der Waals surface area contributed by atoms with Gasteiger partial charge in [0, 0.05) is 23.8 Å². The Morgan fingerprint density at radius 1 is 1.21 bits per heavy atom. The Morgan fingerprint density at radius 2 is 2.12 bits per heavy atom. The smallest absolute Gasteiger partial charge is 0.231 e. The summed E-state index contributed by atoms with van der Waals surface area (Å²) in [4.78, 5) is 7.63. The second-order valence-electron chi connectivity index (χ2n) is 6.41. The molecular formula is C19H19N3O2. The van der Waals surface area contributed by atoms with Crippen LogP contribution in [0.15, 0.2) is 36.7 Å². The predicted octanol–water partition coefficient (Wildman–Crippen LogP) is 3.11. The summed E-state index contributed by atoms with van der Waals surface area (Å²) < 4.78 is 11.1. The molecule has 0 amide bonds. The molecule has 4 heterocycles. The molecule has 3 aromatic rings. The van der Waals surface area contributed by atoms with E-state index in [1.165, 1.54) is 22.1 Å². The first-order chi connectivity index (χ1) is 11.9. The van der Waals surface area contributed by atoms with Crippen molar-refractivity contribution < 1.29 is 9.47 Å². The van der Waals surface area contributed by atoms with Crippen LogP contribution >= 0.6 is 0 Å². The molecule has 1 atom stereocenters. The molecule has 5 nitrogen and oxygen atoms in total. The molecule has 2 aliphatic rings. The summed E-state index contributed by atoms with van der Waals surface area (Å²) in [5.74, 6) is 1.76. The zero-order valence-electron chi connectivity index (χ0n) is 13.3. The van der Waals surface area contributed by atoms with Gasteiger partial charge >= 0.3 is 0 Å². The van der Waals surface area contributed by atoms with Crippen molar-refractivity contribution in [2.45, 2.75) is 25.3 Å². The van der Waals surface area contributed by atoms with E-state index in [0.717, 1.165) is 43.0 Å². The van der Waals surface area contributed by atoms with E-state index in [1.807, 2.05) is 12.3 Å². The number of H-pyrrole nitrogens is 1. The van der Waals surface area contributed by atoms with Crippen molar-refractivity contribution in [3.8, 4) is 11.5 Å². The van der Waals surface area contributed by atoms with Crippen LogP contribution in [-0.2, 0) is 12.8 Å². The van der Waals surface area contributed by atoms with Crippen LogP contribution in [0, 0.1) is 0 Å². The van der Waals surface area contributed by atoms with Gasteiger partial charge in [0.15, 0.2) is 11.5 Å². The zero-order chi connectivity index (χ0) is 15.9. The maximum Gasteiger partial charge on any atom is 0.231 e. The number of aromatic amines is 1. The van der Waals surface area contributed by atoms with Gasteiger partial charge in [0.1, 0.15) is 5.65 Å². The third-order valence-electron chi connectivity index (χ3n) is 5.03. The van der Waals surface area contributed by atoms with E-state index in [2.05, 4.69) is 39.7 Å². The minimum absolute atomic E-state index is 0.332. The Hall–Kier alpha value is -2.53. The van der Waals surface area contributed by atoms with Crippen molar-refractivity contribution in [2.24, 2.45) is 0 Å². The van der Waals surface area contributed by atoms with Gasteiger partial charge in [0.05, 0.1) is 0 Å². The Bertz CT molecular complexity index is 903. The molecule has 0 radical (unpaired) electrons. The normalized spacial score (nSPS) is 18.8. The highest BCUT2D eigenvalue weighted by Crippen LogP contribution is 2.39. The lowest BCUT2D eigenvalue weighted by atomic mass is 9.90. The van der Waals surface area contributed by atoms with Gasteiger partial charge in [-0.2, -0.15) is 0 Å². The maximum atomic E-state index is 5.56. The minimum atomic E-state index is 0.332. The summed E-state index contributed by atoms with van der Waals surface area (Å²) >= 11 is 0. The summed E-state index contributed by atoms with van der Waals surface area (Å²) in [6.45, 7) is 1.34. The topological polar surface area (TPSA) is 59.2 Å². The summed E-state index contributed by atoms with van der Waals surface area (Å²) in [5, 5.41) is 4.88. The van der Waals surface area contributed by atoms with Crippen molar-refractivity contribution in [3.05, 3.63) is 53.3 Å². The standard InChI is InChI=1S/C19H19N3O2/c1-2-14-13(10-22-19(14)21-6-1)3-4-16-15-9-18-17(23-11-24-18)8-12(15)5-7-20-16/h1-2,6,8-10,16,20H,3-5,7,11H2,(H,21,22). The number of ether oxygens (including phenoxy) is 2. The molecular weight excluding hydrogens is 302 g/mol. The predicted molar refractivity (Wildman–Crippen MR) is 91.4 cm³/mol. The summed E-state index contributed by atoms with van der Waals surface area (Å²) in [6.07, 6.45) is 7.01. The molecule has 0 spiro atoms. The first-order valence-corrected chi connectivity index (χ1v) is 8.45. The van der Waals surface area contributed by atoms with E-state index in [-0.39, 0.29) is 0 Å².